The molecule has 0 unspecified atom stereocenters. The number of carbonyl (C=O) groups excluding carboxylic acids is 1. The molecule has 0 radical (unpaired) electrons. The van der Waals surface area contributed by atoms with E-state index in [9.17, 15) is 4.79 Å². The summed E-state index contributed by atoms with van der Waals surface area (Å²) in [6.45, 7) is 11.5. The van der Waals surface area contributed by atoms with Gasteiger partial charge in [0.05, 0.1) is 18.4 Å². The van der Waals surface area contributed by atoms with Crippen molar-refractivity contribution in [2.75, 3.05) is 19.6 Å². The molecule has 5 heteroatoms. The molecule has 1 aromatic heterocycles. The first-order chi connectivity index (χ1) is 13.0. The molecule has 2 aliphatic rings. The molecule has 1 N–H and O–H groups in total. The van der Waals surface area contributed by atoms with Crippen molar-refractivity contribution in [1.29, 1.82) is 0 Å². The van der Waals surface area contributed by atoms with Gasteiger partial charge in [-0.1, -0.05) is 23.3 Å². The van der Waals surface area contributed by atoms with Crippen molar-refractivity contribution in [2.24, 2.45) is 0 Å². The third-order valence-corrected chi connectivity index (χ3v) is 6.03. The lowest BCUT2D eigenvalue weighted by Crippen LogP contribution is -2.40. The summed E-state index contributed by atoms with van der Waals surface area (Å²) < 4.78 is 0. The summed E-state index contributed by atoms with van der Waals surface area (Å²) >= 11 is 0. The van der Waals surface area contributed by atoms with Crippen LogP contribution in [-0.2, 0) is 11.2 Å². The molecule has 1 amide bonds. The average Bonchev–Trinajstić information content (AvgIpc) is 3.30. The number of H-pyrrole nitrogens is 1. The Kier molecular flexibility index (Phi) is 6.53. The highest BCUT2D eigenvalue weighted by atomic mass is 16.2. The molecule has 2 saturated heterocycles. The molecule has 0 aromatic carbocycles. The first-order valence-corrected chi connectivity index (χ1v) is 10.3. The van der Waals surface area contributed by atoms with E-state index in [-0.39, 0.29) is 5.91 Å². The highest BCUT2D eigenvalue weighted by Gasteiger charge is 2.43. The van der Waals surface area contributed by atoms with Crippen LogP contribution in [0.5, 0.6) is 0 Å². The number of nitrogens with one attached hydrogen (secondary N) is 1. The minimum atomic E-state index is 0.230. The van der Waals surface area contributed by atoms with Gasteiger partial charge in [0.2, 0.25) is 5.91 Å². The number of aromatic amines is 1. The monoisotopic (exact) mass is 370 g/mol. The quantitative estimate of drug-likeness (QED) is 0.746. The van der Waals surface area contributed by atoms with E-state index in [1.807, 2.05) is 6.92 Å². The smallest absolute Gasteiger partial charge is 0.228 e. The van der Waals surface area contributed by atoms with Gasteiger partial charge in [-0.05, 0) is 53.4 Å². The predicted molar refractivity (Wildman–Crippen MR) is 110 cm³/mol. The molecule has 27 heavy (non-hydrogen) atoms. The second-order valence-electron chi connectivity index (χ2n) is 8.32. The summed E-state index contributed by atoms with van der Waals surface area (Å²) in [5, 5.41) is 0. The number of amides is 1. The normalized spacial score (nSPS) is 23.0. The van der Waals surface area contributed by atoms with Crippen LogP contribution in [0.3, 0.4) is 0 Å². The van der Waals surface area contributed by atoms with E-state index in [0.29, 0.717) is 18.5 Å². The van der Waals surface area contributed by atoms with E-state index in [1.54, 1.807) is 6.33 Å². The minimum absolute atomic E-state index is 0.230. The molecular formula is C22H34N4O. The number of allylic oxidation sites excluding steroid dienone is 3. The van der Waals surface area contributed by atoms with Gasteiger partial charge < -0.3 is 9.88 Å². The summed E-state index contributed by atoms with van der Waals surface area (Å²) in [5.41, 5.74) is 4.75. The number of aryl methyl sites for hydroxylation is 1. The molecule has 2 aliphatic heterocycles. The second-order valence-corrected chi connectivity index (χ2v) is 8.32. The maximum absolute atomic E-state index is 12.8. The molecule has 148 valence electrons. The number of imidazole rings is 1. The van der Waals surface area contributed by atoms with Gasteiger partial charge in [0.15, 0.2) is 0 Å². The molecule has 5 nitrogen and oxygen atoms in total. The Morgan fingerprint density at radius 1 is 1.22 bits per heavy atom. The number of hydrogen-bond acceptors (Lipinski definition) is 3. The first-order valence-electron chi connectivity index (χ1n) is 10.3. The number of hydrogen-bond donors (Lipinski definition) is 1. The van der Waals surface area contributed by atoms with Crippen LogP contribution in [0, 0.1) is 6.92 Å². The van der Waals surface area contributed by atoms with Crippen molar-refractivity contribution in [3.63, 3.8) is 0 Å². The van der Waals surface area contributed by atoms with E-state index in [1.165, 1.54) is 11.1 Å². The van der Waals surface area contributed by atoms with Crippen LogP contribution in [0.1, 0.15) is 57.8 Å². The number of nitrogens with zero attached hydrogens (tertiary/aromatic N) is 3. The zero-order valence-electron chi connectivity index (χ0n) is 17.3. The Bertz CT molecular complexity index is 714. The van der Waals surface area contributed by atoms with Crippen LogP contribution >= 0.6 is 0 Å². The fraction of sp³-hybridized carbons (Fsp3) is 0.636. The van der Waals surface area contributed by atoms with E-state index < -0.39 is 0 Å². The first kappa shape index (κ1) is 19.9. The Labute approximate surface area is 163 Å². The van der Waals surface area contributed by atoms with Crippen molar-refractivity contribution < 1.29 is 4.79 Å². The van der Waals surface area contributed by atoms with Crippen molar-refractivity contribution in [3.05, 3.63) is 41.0 Å². The number of likely N-dealkylation sites (tertiary alicyclic amines) is 2. The van der Waals surface area contributed by atoms with Gasteiger partial charge in [-0.3, -0.25) is 9.69 Å². The number of carbonyl (C=O) groups is 1. The van der Waals surface area contributed by atoms with E-state index in [4.69, 9.17) is 0 Å². The lowest BCUT2D eigenvalue weighted by molar-refractivity contribution is -0.131. The molecule has 3 rings (SSSR count). The molecule has 0 bridgehead atoms. The minimum Gasteiger partial charge on any atom is -0.348 e. The van der Waals surface area contributed by atoms with Gasteiger partial charge >= 0.3 is 0 Å². The second kappa shape index (κ2) is 8.87. The predicted octanol–water partition coefficient (Wildman–Crippen LogP) is 3.63. The van der Waals surface area contributed by atoms with Gasteiger partial charge in [0, 0.05) is 37.4 Å². The van der Waals surface area contributed by atoms with Gasteiger partial charge in [-0.2, -0.15) is 0 Å². The Balaban J connectivity index is 1.51. The van der Waals surface area contributed by atoms with Crippen LogP contribution < -0.4 is 0 Å². The highest BCUT2D eigenvalue weighted by Crippen LogP contribution is 2.32. The third kappa shape index (κ3) is 4.89. The molecular weight excluding hydrogens is 336 g/mol. The molecule has 0 spiro atoms. The fourth-order valence-electron chi connectivity index (χ4n) is 4.39. The molecule has 0 aliphatic carbocycles. The molecule has 0 saturated carbocycles. The maximum Gasteiger partial charge on any atom is 0.228 e. The van der Waals surface area contributed by atoms with Crippen molar-refractivity contribution >= 4 is 5.91 Å². The largest absolute Gasteiger partial charge is 0.348 e. The van der Waals surface area contributed by atoms with Crippen LogP contribution in [0.15, 0.2) is 29.6 Å². The summed E-state index contributed by atoms with van der Waals surface area (Å²) in [6.07, 6.45) is 11.3. The van der Waals surface area contributed by atoms with Gasteiger partial charge in [-0.15, -0.1) is 0 Å². The molecule has 2 atom stereocenters. The Morgan fingerprint density at radius 3 is 2.70 bits per heavy atom. The zero-order valence-corrected chi connectivity index (χ0v) is 17.3. The van der Waals surface area contributed by atoms with Gasteiger partial charge in [-0.25, -0.2) is 4.98 Å². The van der Waals surface area contributed by atoms with E-state index >= 15 is 0 Å². The van der Waals surface area contributed by atoms with Gasteiger partial charge in [0.1, 0.15) is 0 Å². The fourth-order valence-corrected chi connectivity index (χ4v) is 4.39. The lowest BCUT2D eigenvalue weighted by atomic mass is 10.1. The lowest BCUT2D eigenvalue weighted by Gasteiger charge is -2.25. The topological polar surface area (TPSA) is 52.2 Å². The maximum atomic E-state index is 12.8. The average molecular weight is 371 g/mol. The summed E-state index contributed by atoms with van der Waals surface area (Å²) in [6, 6.07) is 0.909. The van der Waals surface area contributed by atoms with Crippen molar-refractivity contribution in [3.8, 4) is 0 Å². The van der Waals surface area contributed by atoms with Crippen molar-refractivity contribution in [1.82, 2.24) is 19.8 Å². The summed E-state index contributed by atoms with van der Waals surface area (Å²) in [7, 11) is 0. The van der Waals surface area contributed by atoms with Gasteiger partial charge in [0.25, 0.3) is 0 Å². The summed E-state index contributed by atoms with van der Waals surface area (Å²) in [4.78, 5) is 24.8. The highest BCUT2D eigenvalue weighted by molar-refractivity contribution is 5.79. The van der Waals surface area contributed by atoms with Crippen LogP contribution in [0.25, 0.3) is 0 Å². The summed E-state index contributed by atoms with van der Waals surface area (Å²) in [5.74, 6) is 0.230. The number of aromatic nitrogens is 2. The molecule has 2 fully saturated rings. The van der Waals surface area contributed by atoms with Crippen LogP contribution in [-0.4, -0.2) is 57.4 Å². The number of rotatable bonds is 7. The Morgan fingerprint density at radius 2 is 2.00 bits per heavy atom. The van der Waals surface area contributed by atoms with E-state index in [0.717, 1.165) is 56.7 Å². The van der Waals surface area contributed by atoms with Crippen LogP contribution in [0.2, 0.25) is 0 Å². The van der Waals surface area contributed by atoms with Crippen molar-refractivity contribution in [2.45, 2.75) is 71.9 Å². The standard InChI is InChI=1S/C22H34N4O/c1-16(2)6-5-7-17(3)8-11-25-12-9-21-20(25)10-13-26(21)22(27)14-19-18(4)23-15-24-19/h6,8,15,20-21H,5,7,9-14H2,1-4H3,(H,23,24)/t20-,21-/m0/s1. The zero-order chi connectivity index (χ0) is 19.4. The SMILES string of the molecule is CC(C)=CCCC(C)=CCN1CC[C@H]2[C@@H]1CCN2C(=O)Cc1nc[nH]c1C. The molecule has 3 heterocycles. The van der Waals surface area contributed by atoms with Crippen LogP contribution in [0.4, 0.5) is 0 Å². The third-order valence-electron chi connectivity index (χ3n) is 6.03. The molecule has 1 aromatic rings. The number of fused-ring (bicyclic) bond motifs is 1. The Hall–Kier alpha value is -1.88. The van der Waals surface area contributed by atoms with E-state index in [2.05, 4.69) is 52.7 Å².